The van der Waals surface area contributed by atoms with Crippen molar-refractivity contribution in [3.8, 4) is 0 Å². The summed E-state index contributed by atoms with van der Waals surface area (Å²) in [5.41, 5.74) is 2.34. The average Bonchev–Trinajstić information content (AvgIpc) is 2.66. The van der Waals surface area contributed by atoms with Crippen LogP contribution < -0.4 is 10.9 Å². The molecule has 0 aliphatic rings. The third kappa shape index (κ3) is 4.78. The molecule has 0 fully saturated rings. The molecule has 7 heteroatoms. The van der Waals surface area contributed by atoms with Crippen molar-refractivity contribution in [3.05, 3.63) is 81.9 Å². The molecule has 1 aromatic carbocycles. The summed E-state index contributed by atoms with van der Waals surface area (Å²) in [5.74, 6) is -0.862. The minimum absolute atomic E-state index is 0.131. The summed E-state index contributed by atoms with van der Waals surface area (Å²) in [6.07, 6.45) is 1.83. The van der Waals surface area contributed by atoms with Crippen molar-refractivity contribution in [3.63, 3.8) is 0 Å². The van der Waals surface area contributed by atoms with Gasteiger partial charge in [-0.05, 0) is 24.1 Å². The Morgan fingerprint density at radius 1 is 1.15 bits per heavy atom. The number of carbonyl (C=O) groups excluding carboxylic acids is 2. The van der Waals surface area contributed by atoms with Gasteiger partial charge < -0.3 is 10.1 Å². The van der Waals surface area contributed by atoms with Gasteiger partial charge in [0, 0.05) is 12.3 Å². The first-order valence-corrected chi connectivity index (χ1v) is 8.47. The number of fused-ring (bicyclic) bond motifs is 1. The molecule has 3 rings (SSSR count). The van der Waals surface area contributed by atoms with E-state index in [1.165, 1.54) is 10.5 Å². The van der Waals surface area contributed by atoms with Crippen LogP contribution in [0.25, 0.3) is 5.65 Å². The van der Waals surface area contributed by atoms with Crippen LogP contribution >= 0.6 is 0 Å². The average molecular weight is 365 g/mol. The number of hydrogen-bond donors (Lipinski definition) is 1. The van der Waals surface area contributed by atoms with Crippen molar-refractivity contribution in [1.82, 2.24) is 14.7 Å². The van der Waals surface area contributed by atoms with Gasteiger partial charge in [0.15, 0.2) is 0 Å². The number of aryl methyl sites for hydroxylation is 1. The zero-order valence-electron chi connectivity index (χ0n) is 14.8. The van der Waals surface area contributed by atoms with Gasteiger partial charge in [-0.15, -0.1) is 0 Å². The largest absolute Gasteiger partial charge is 0.458 e. The molecule has 138 valence electrons. The van der Waals surface area contributed by atoms with Gasteiger partial charge in [-0.25, -0.2) is 4.98 Å². The molecule has 7 nitrogen and oxygen atoms in total. The lowest BCUT2D eigenvalue weighted by atomic mass is 10.1. The Morgan fingerprint density at radius 2 is 1.93 bits per heavy atom. The summed E-state index contributed by atoms with van der Waals surface area (Å²) in [4.78, 5) is 40.2. The molecule has 3 aromatic rings. The molecule has 0 unspecified atom stereocenters. The van der Waals surface area contributed by atoms with E-state index in [4.69, 9.17) is 4.74 Å². The summed E-state index contributed by atoms with van der Waals surface area (Å²) in [7, 11) is 0. The minimum Gasteiger partial charge on any atom is -0.458 e. The maximum absolute atomic E-state index is 12.1. The lowest BCUT2D eigenvalue weighted by Gasteiger charge is -2.08. The Bertz CT molecular complexity index is 1030. The second-order valence-electron chi connectivity index (χ2n) is 6.07. The van der Waals surface area contributed by atoms with Crippen LogP contribution in [0.5, 0.6) is 0 Å². The number of rotatable bonds is 6. The standard InChI is InChI=1S/C20H19N3O4/c1-14-6-5-9-23-18(25)11-16(22-20(14)23)13-27-19(26)12-21-17(24)10-15-7-3-2-4-8-15/h2-9,11H,10,12-13H2,1H3,(H,21,24). The lowest BCUT2D eigenvalue weighted by molar-refractivity contribution is -0.145. The first-order chi connectivity index (χ1) is 13.0. The lowest BCUT2D eigenvalue weighted by Crippen LogP contribution is -2.31. The summed E-state index contributed by atoms with van der Waals surface area (Å²) < 4.78 is 6.54. The monoisotopic (exact) mass is 365 g/mol. The smallest absolute Gasteiger partial charge is 0.325 e. The van der Waals surface area contributed by atoms with Gasteiger partial charge in [-0.3, -0.25) is 18.8 Å². The summed E-state index contributed by atoms with van der Waals surface area (Å²) >= 11 is 0. The molecule has 0 aliphatic carbocycles. The van der Waals surface area contributed by atoms with E-state index < -0.39 is 5.97 Å². The highest BCUT2D eigenvalue weighted by atomic mass is 16.5. The number of amides is 1. The van der Waals surface area contributed by atoms with Crippen LogP contribution in [-0.2, 0) is 27.4 Å². The number of benzene rings is 1. The number of esters is 1. The quantitative estimate of drug-likeness (QED) is 0.667. The number of hydrogen-bond acceptors (Lipinski definition) is 5. The molecule has 1 N–H and O–H groups in total. The minimum atomic E-state index is -0.594. The Morgan fingerprint density at radius 3 is 2.70 bits per heavy atom. The molecule has 0 radical (unpaired) electrons. The fraction of sp³-hybridized carbons (Fsp3) is 0.200. The first-order valence-electron chi connectivity index (χ1n) is 8.47. The Labute approximate surface area is 155 Å². The van der Waals surface area contributed by atoms with Crippen molar-refractivity contribution in [2.75, 3.05) is 6.54 Å². The van der Waals surface area contributed by atoms with Gasteiger partial charge in [0.25, 0.3) is 5.56 Å². The Balaban J connectivity index is 1.53. The third-order valence-electron chi connectivity index (χ3n) is 3.96. The second kappa shape index (κ2) is 8.27. The molecule has 2 aromatic heterocycles. The predicted octanol–water partition coefficient (Wildman–Crippen LogP) is 1.41. The first kappa shape index (κ1) is 18.3. The van der Waals surface area contributed by atoms with E-state index in [-0.39, 0.29) is 31.0 Å². The Kier molecular flexibility index (Phi) is 5.61. The molecule has 0 saturated heterocycles. The van der Waals surface area contributed by atoms with Crippen LogP contribution in [0, 0.1) is 6.92 Å². The maximum atomic E-state index is 12.1. The van der Waals surface area contributed by atoms with Crippen molar-refractivity contribution < 1.29 is 14.3 Å². The molecule has 0 atom stereocenters. The number of carbonyl (C=O) groups is 2. The van der Waals surface area contributed by atoms with Gasteiger partial charge >= 0.3 is 5.97 Å². The van der Waals surface area contributed by atoms with Crippen LogP contribution in [-0.4, -0.2) is 27.8 Å². The van der Waals surface area contributed by atoms with Gasteiger partial charge in [0.1, 0.15) is 18.8 Å². The molecule has 1 amide bonds. The normalized spacial score (nSPS) is 10.6. The number of aromatic nitrogens is 2. The fourth-order valence-electron chi connectivity index (χ4n) is 2.60. The van der Waals surface area contributed by atoms with Crippen LogP contribution in [0.3, 0.4) is 0 Å². The topological polar surface area (TPSA) is 89.8 Å². The van der Waals surface area contributed by atoms with Crippen LogP contribution in [0.15, 0.2) is 59.5 Å². The molecular weight excluding hydrogens is 346 g/mol. The van der Waals surface area contributed by atoms with Crippen molar-refractivity contribution in [2.24, 2.45) is 0 Å². The highest BCUT2D eigenvalue weighted by molar-refractivity contribution is 5.83. The maximum Gasteiger partial charge on any atom is 0.325 e. The molecule has 0 aliphatic heterocycles. The van der Waals surface area contributed by atoms with Crippen molar-refractivity contribution >= 4 is 17.5 Å². The summed E-state index contributed by atoms with van der Waals surface area (Å²) in [6.45, 7) is 1.48. The number of pyridine rings is 1. The van der Waals surface area contributed by atoms with E-state index in [2.05, 4.69) is 10.3 Å². The van der Waals surface area contributed by atoms with Crippen LogP contribution in [0.2, 0.25) is 0 Å². The van der Waals surface area contributed by atoms with E-state index >= 15 is 0 Å². The van der Waals surface area contributed by atoms with Gasteiger partial charge in [-0.2, -0.15) is 0 Å². The molecule has 0 spiro atoms. The molecular formula is C20H19N3O4. The van der Waals surface area contributed by atoms with Gasteiger partial charge in [-0.1, -0.05) is 36.4 Å². The fourth-order valence-corrected chi connectivity index (χ4v) is 2.60. The number of nitrogens with one attached hydrogen (secondary N) is 1. The van der Waals surface area contributed by atoms with E-state index in [0.717, 1.165) is 11.1 Å². The zero-order chi connectivity index (χ0) is 19.2. The molecule has 0 bridgehead atoms. The molecule has 27 heavy (non-hydrogen) atoms. The highest BCUT2D eigenvalue weighted by Crippen LogP contribution is 2.06. The van der Waals surface area contributed by atoms with Gasteiger partial charge in [0.2, 0.25) is 5.91 Å². The molecule has 2 heterocycles. The molecule has 0 saturated carbocycles. The van der Waals surface area contributed by atoms with E-state index in [1.807, 2.05) is 43.3 Å². The Hall–Kier alpha value is -3.48. The highest BCUT2D eigenvalue weighted by Gasteiger charge is 2.10. The van der Waals surface area contributed by atoms with E-state index in [1.54, 1.807) is 12.3 Å². The second-order valence-corrected chi connectivity index (χ2v) is 6.07. The van der Waals surface area contributed by atoms with Crippen LogP contribution in [0.1, 0.15) is 16.8 Å². The van der Waals surface area contributed by atoms with E-state index in [0.29, 0.717) is 11.3 Å². The summed E-state index contributed by atoms with van der Waals surface area (Å²) in [5, 5.41) is 2.52. The van der Waals surface area contributed by atoms with Crippen LogP contribution in [0.4, 0.5) is 0 Å². The zero-order valence-corrected chi connectivity index (χ0v) is 14.8. The SMILES string of the molecule is Cc1cccn2c(=O)cc(COC(=O)CNC(=O)Cc3ccccc3)nc12. The van der Waals surface area contributed by atoms with Crippen molar-refractivity contribution in [1.29, 1.82) is 0 Å². The summed E-state index contributed by atoms with van der Waals surface area (Å²) in [6, 6.07) is 14.2. The van der Waals surface area contributed by atoms with E-state index in [9.17, 15) is 14.4 Å². The van der Waals surface area contributed by atoms with Gasteiger partial charge in [0.05, 0.1) is 12.1 Å². The number of ether oxygens (including phenoxy) is 1. The third-order valence-corrected chi connectivity index (χ3v) is 3.96. The predicted molar refractivity (Wildman–Crippen MR) is 99.2 cm³/mol. The van der Waals surface area contributed by atoms with Crippen molar-refractivity contribution in [2.45, 2.75) is 20.0 Å². The number of nitrogens with zero attached hydrogens (tertiary/aromatic N) is 2.